The van der Waals surface area contributed by atoms with Crippen LogP contribution in [0.1, 0.15) is 11.7 Å². The average Bonchev–Trinajstić information content (AvgIpc) is 2.04. The van der Waals surface area contributed by atoms with Gasteiger partial charge in [0.2, 0.25) is 0 Å². The number of hydrogen-bond acceptors (Lipinski definition) is 4. The van der Waals surface area contributed by atoms with Crippen molar-refractivity contribution in [2.75, 3.05) is 0 Å². The minimum atomic E-state index is -1.63. The molecule has 0 spiro atoms. The number of carbonyl (C=O) groups is 1. The van der Waals surface area contributed by atoms with Gasteiger partial charge in [0.1, 0.15) is 11.9 Å². The molecule has 2 N–H and O–H groups in total. The molecule has 0 aromatic heterocycles. The Morgan fingerprint density at radius 1 is 1.31 bits per heavy atom. The van der Waals surface area contributed by atoms with Crippen LogP contribution in [0.5, 0.6) is 5.75 Å². The number of phenolic OH excluding ortho intramolecular Hbond substituents is 1. The van der Waals surface area contributed by atoms with Gasteiger partial charge in [-0.3, -0.25) is 0 Å². The SMILES string of the molecule is O=C([O-])[C@@H](O)c1ccc(O)cc1.[Na+]. The molecule has 1 atom stereocenters. The van der Waals surface area contributed by atoms with Gasteiger partial charge in [-0.05, 0) is 17.7 Å². The molecule has 0 unspecified atom stereocenters. The Bertz CT molecular complexity index is 283. The van der Waals surface area contributed by atoms with Crippen molar-refractivity contribution in [1.82, 2.24) is 0 Å². The molecule has 0 radical (unpaired) electrons. The number of aliphatic hydroxyl groups excluding tert-OH is 1. The molecule has 0 saturated carbocycles. The Kier molecular flexibility index (Phi) is 5.02. The fraction of sp³-hybridized carbons (Fsp3) is 0.125. The van der Waals surface area contributed by atoms with Gasteiger partial charge in [-0.2, -0.15) is 0 Å². The van der Waals surface area contributed by atoms with Crippen molar-refractivity contribution in [3.63, 3.8) is 0 Å². The van der Waals surface area contributed by atoms with Crippen LogP contribution in [0.4, 0.5) is 0 Å². The first-order chi connectivity index (χ1) is 5.61. The Hall–Kier alpha value is -0.550. The van der Waals surface area contributed by atoms with E-state index in [1.165, 1.54) is 24.3 Å². The number of rotatable bonds is 2. The van der Waals surface area contributed by atoms with Crippen LogP contribution in [-0.4, -0.2) is 16.2 Å². The second-order valence-electron chi connectivity index (χ2n) is 2.31. The third-order valence-electron chi connectivity index (χ3n) is 1.43. The van der Waals surface area contributed by atoms with E-state index >= 15 is 0 Å². The maximum Gasteiger partial charge on any atom is 1.00 e. The predicted molar refractivity (Wildman–Crippen MR) is 38.1 cm³/mol. The largest absolute Gasteiger partial charge is 1.00 e. The zero-order valence-electron chi connectivity index (χ0n) is 7.10. The molecule has 0 fully saturated rings. The molecular formula is C8H7NaO4. The number of carbonyl (C=O) groups excluding carboxylic acids is 1. The van der Waals surface area contributed by atoms with Crippen LogP contribution >= 0.6 is 0 Å². The molecule has 0 bridgehead atoms. The van der Waals surface area contributed by atoms with E-state index in [9.17, 15) is 9.90 Å². The molecule has 0 saturated heterocycles. The van der Waals surface area contributed by atoms with Gasteiger partial charge in [0.15, 0.2) is 0 Å². The smallest absolute Gasteiger partial charge is 0.547 e. The monoisotopic (exact) mass is 190 g/mol. The maximum atomic E-state index is 10.2. The number of aliphatic carboxylic acids is 1. The molecule has 1 aromatic rings. The van der Waals surface area contributed by atoms with E-state index in [1.54, 1.807) is 0 Å². The molecule has 5 heteroatoms. The number of phenols is 1. The van der Waals surface area contributed by atoms with E-state index in [2.05, 4.69) is 0 Å². The predicted octanol–water partition coefficient (Wildman–Crippen LogP) is -3.82. The number of aliphatic hydroxyl groups is 1. The van der Waals surface area contributed by atoms with E-state index in [-0.39, 0.29) is 40.9 Å². The summed E-state index contributed by atoms with van der Waals surface area (Å²) in [6.45, 7) is 0. The van der Waals surface area contributed by atoms with Gasteiger partial charge in [-0.25, -0.2) is 0 Å². The molecule has 0 heterocycles. The van der Waals surface area contributed by atoms with Gasteiger partial charge in [-0.15, -0.1) is 0 Å². The van der Waals surface area contributed by atoms with Gasteiger partial charge in [0.25, 0.3) is 0 Å². The molecule has 13 heavy (non-hydrogen) atoms. The molecule has 0 aliphatic rings. The zero-order chi connectivity index (χ0) is 9.14. The average molecular weight is 190 g/mol. The summed E-state index contributed by atoms with van der Waals surface area (Å²) in [4.78, 5) is 10.2. The Morgan fingerprint density at radius 3 is 2.15 bits per heavy atom. The molecule has 1 rings (SSSR count). The first-order valence-electron chi connectivity index (χ1n) is 3.29. The summed E-state index contributed by atoms with van der Waals surface area (Å²) in [6.07, 6.45) is -1.63. The van der Waals surface area contributed by atoms with Gasteiger partial charge in [0, 0.05) is 0 Å². The van der Waals surface area contributed by atoms with Crippen LogP contribution in [0.2, 0.25) is 0 Å². The van der Waals surface area contributed by atoms with E-state index in [0.29, 0.717) is 0 Å². The zero-order valence-corrected chi connectivity index (χ0v) is 9.10. The summed E-state index contributed by atoms with van der Waals surface area (Å²) in [6, 6.07) is 5.22. The fourth-order valence-corrected chi connectivity index (χ4v) is 0.793. The third-order valence-corrected chi connectivity index (χ3v) is 1.43. The minimum Gasteiger partial charge on any atom is -0.547 e. The van der Waals surface area contributed by atoms with Gasteiger partial charge < -0.3 is 20.1 Å². The molecule has 0 aliphatic carbocycles. The van der Waals surface area contributed by atoms with E-state index in [0.717, 1.165) is 0 Å². The second kappa shape index (κ2) is 5.24. The van der Waals surface area contributed by atoms with Crippen molar-refractivity contribution in [2.45, 2.75) is 6.10 Å². The number of benzene rings is 1. The van der Waals surface area contributed by atoms with Crippen molar-refractivity contribution in [2.24, 2.45) is 0 Å². The number of aromatic hydroxyl groups is 1. The molecule has 64 valence electrons. The summed E-state index contributed by atoms with van der Waals surface area (Å²) in [7, 11) is 0. The normalized spacial score (nSPS) is 11.5. The van der Waals surface area contributed by atoms with Gasteiger partial charge >= 0.3 is 29.6 Å². The topological polar surface area (TPSA) is 80.6 Å². The summed E-state index contributed by atoms with van der Waals surface area (Å²) < 4.78 is 0. The first-order valence-corrected chi connectivity index (χ1v) is 3.29. The Labute approximate surface area is 97.1 Å². The van der Waals surface area contributed by atoms with Crippen molar-refractivity contribution in [3.8, 4) is 5.75 Å². The summed E-state index contributed by atoms with van der Waals surface area (Å²) >= 11 is 0. The third kappa shape index (κ3) is 3.36. The van der Waals surface area contributed by atoms with Gasteiger partial charge in [-0.1, -0.05) is 12.1 Å². The van der Waals surface area contributed by atoms with E-state index < -0.39 is 12.1 Å². The van der Waals surface area contributed by atoms with E-state index in [4.69, 9.17) is 10.2 Å². The van der Waals surface area contributed by atoms with Crippen LogP contribution in [0.25, 0.3) is 0 Å². The minimum absolute atomic E-state index is 0. The van der Waals surface area contributed by atoms with Crippen molar-refractivity contribution < 1.29 is 49.7 Å². The van der Waals surface area contributed by atoms with Crippen LogP contribution in [0, 0.1) is 0 Å². The Balaban J connectivity index is 0.00000144. The van der Waals surface area contributed by atoms with Crippen LogP contribution in [-0.2, 0) is 4.79 Å². The van der Waals surface area contributed by atoms with Crippen LogP contribution in [0.3, 0.4) is 0 Å². The van der Waals surface area contributed by atoms with Crippen LogP contribution in [0.15, 0.2) is 24.3 Å². The van der Waals surface area contributed by atoms with Crippen molar-refractivity contribution in [1.29, 1.82) is 0 Å². The maximum absolute atomic E-state index is 10.2. The quantitative estimate of drug-likeness (QED) is 0.468. The fourth-order valence-electron chi connectivity index (χ4n) is 0.793. The van der Waals surface area contributed by atoms with E-state index in [1.807, 2.05) is 0 Å². The second-order valence-corrected chi connectivity index (χ2v) is 2.31. The first kappa shape index (κ1) is 12.4. The van der Waals surface area contributed by atoms with Gasteiger partial charge in [0.05, 0.1) is 5.97 Å². The molecule has 0 aliphatic heterocycles. The number of carboxylic acids is 1. The summed E-state index contributed by atoms with van der Waals surface area (Å²) in [5, 5.41) is 27.9. The van der Waals surface area contributed by atoms with Crippen molar-refractivity contribution >= 4 is 5.97 Å². The molecule has 4 nitrogen and oxygen atoms in total. The number of hydrogen-bond donors (Lipinski definition) is 2. The Morgan fingerprint density at radius 2 is 1.77 bits per heavy atom. The summed E-state index contributed by atoms with van der Waals surface area (Å²) in [5.74, 6) is -1.54. The number of carboxylic acid groups (broad SMARTS) is 1. The van der Waals surface area contributed by atoms with Crippen LogP contribution < -0.4 is 34.7 Å². The molecule has 1 aromatic carbocycles. The standard InChI is InChI=1S/C8H8O4.Na/c9-6-3-1-5(2-4-6)7(10)8(11)12;/h1-4,7,9-10H,(H,11,12);/q;+1/p-1/t7-;/m0./s1. The molecule has 0 amide bonds. The van der Waals surface area contributed by atoms with Crippen molar-refractivity contribution in [3.05, 3.63) is 29.8 Å². The molecular weight excluding hydrogens is 183 g/mol. The summed E-state index contributed by atoms with van der Waals surface area (Å²) in [5.41, 5.74) is 0.188.